The van der Waals surface area contributed by atoms with Crippen LogP contribution in [0.1, 0.15) is 21.5 Å². The number of fused-ring (bicyclic) bond motifs is 1. The lowest BCUT2D eigenvalue weighted by Gasteiger charge is -2.13. The van der Waals surface area contributed by atoms with Gasteiger partial charge in [-0.15, -0.1) is 11.8 Å². The molecule has 0 aliphatic carbocycles. The molecule has 0 bridgehead atoms. The highest BCUT2D eigenvalue weighted by Gasteiger charge is 2.22. The van der Waals surface area contributed by atoms with Gasteiger partial charge in [0, 0.05) is 17.5 Å². The standard InChI is InChI=1S/C19H14N2O2S/c1-24-18-14(12-20)19(23)21-10-6-5-9-15(21)17(18)16(22)11-13-7-3-2-4-8-13/h2-10H,11H2,1H3. The van der Waals surface area contributed by atoms with Gasteiger partial charge in [0.2, 0.25) is 0 Å². The van der Waals surface area contributed by atoms with Gasteiger partial charge < -0.3 is 0 Å². The molecule has 2 heterocycles. The fourth-order valence-corrected chi connectivity index (χ4v) is 3.48. The van der Waals surface area contributed by atoms with E-state index in [1.54, 1.807) is 30.7 Å². The molecule has 2 aromatic heterocycles. The summed E-state index contributed by atoms with van der Waals surface area (Å²) < 4.78 is 1.37. The number of benzene rings is 1. The summed E-state index contributed by atoms with van der Waals surface area (Å²) in [7, 11) is 0. The van der Waals surface area contributed by atoms with Crippen LogP contribution < -0.4 is 5.56 Å². The minimum atomic E-state index is -0.395. The highest BCUT2D eigenvalue weighted by Crippen LogP contribution is 2.27. The van der Waals surface area contributed by atoms with Gasteiger partial charge in [-0.1, -0.05) is 36.4 Å². The first-order valence-electron chi connectivity index (χ1n) is 7.36. The maximum absolute atomic E-state index is 12.9. The van der Waals surface area contributed by atoms with Gasteiger partial charge in [-0.3, -0.25) is 14.0 Å². The molecule has 0 unspecified atom stereocenters. The maximum atomic E-state index is 12.9. The van der Waals surface area contributed by atoms with E-state index >= 15 is 0 Å². The van der Waals surface area contributed by atoms with Gasteiger partial charge in [0.05, 0.1) is 11.1 Å². The van der Waals surface area contributed by atoms with Crippen LogP contribution in [0.3, 0.4) is 0 Å². The lowest BCUT2D eigenvalue weighted by molar-refractivity contribution is 0.0991. The second-order valence-electron chi connectivity index (χ2n) is 5.24. The second-order valence-corrected chi connectivity index (χ2v) is 6.06. The quantitative estimate of drug-likeness (QED) is 0.542. The molecule has 0 radical (unpaired) electrons. The first-order chi connectivity index (χ1) is 11.7. The summed E-state index contributed by atoms with van der Waals surface area (Å²) in [6, 6.07) is 16.6. The van der Waals surface area contributed by atoms with Crippen molar-refractivity contribution in [3.63, 3.8) is 0 Å². The SMILES string of the molecule is CSc1c(C#N)c(=O)n2ccccc2c1C(=O)Cc1ccccc1. The molecule has 0 amide bonds. The molecule has 1 aromatic carbocycles. The van der Waals surface area contributed by atoms with E-state index in [0.717, 1.165) is 5.56 Å². The average molecular weight is 334 g/mol. The van der Waals surface area contributed by atoms with Crippen molar-refractivity contribution in [2.24, 2.45) is 0 Å². The summed E-state index contributed by atoms with van der Waals surface area (Å²) >= 11 is 1.26. The molecule has 118 valence electrons. The number of hydrogen-bond donors (Lipinski definition) is 0. The maximum Gasteiger partial charge on any atom is 0.274 e. The van der Waals surface area contributed by atoms with Crippen LogP contribution in [0.4, 0.5) is 0 Å². The third kappa shape index (κ3) is 2.72. The number of pyridine rings is 2. The Morgan fingerprint density at radius 2 is 1.88 bits per heavy atom. The molecule has 3 rings (SSSR count). The fraction of sp³-hybridized carbons (Fsp3) is 0.105. The lowest BCUT2D eigenvalue weighted by atomic mass is 10.0. The Morgan fingerprint density at radius 1 is 1.17 bits per heavy atom. The first kappa shape index (κ1) is 16.0. The van der Waals surface area contributed by atoms with Gasteiger partial charge in [0.1, 0.15) is 11.6 Å². The molecule has 0 saturated carbocycles. The molecule has 0 fully saturated rings. The van der Waals surface area contributed by atoms with Crippen molar-refractivity contribution in [1.82, 2.24) is 4.40 Å². The van der Waals surface area contributed by atoms with E-state index in [9.17, 15) is 14.9 Å². The van der Waals surface area contributed by atoms with Crippen LogP contribution in [-0.2, 0) is 6.42 Å². The van der Waals surface area contributed by atoms with Crippen molar-refractivity contribution in [1.29, 1.82) is 5.26 Å². The number of aromatic nitrogens is 1. The molecule has 0 aliphatic heterocycles. The second kappa shape index (κ2) is 6.73. The molecular formula is C19H14N2O2S. The Bertz CT molecular complexity index is 1020. The molecule has 0 spiro atoms. The van der Waals surface area contributed by atoms with Crippen molar-refractivity contribution in [3.8, 4) is 6.07 Å². The monoisotopic (exact) mass is 334 g/mol. The molecule has 0 aliphatic rings. The number of thioether (sulfide) groups is 1. The first-order valence-corrected chi connectivity index (χ1v) is 8.58. The van der Waals surface area contributed by atoms with Gasteiger partial charge in [-0.2, -0.15) is 5.26 Å². The van der Waals surface area contributed by atoms with Crippen LogP contribution in [0, 0.1) is 11.3 Å². The summed E-state index contributed by atoms with van der Waals surface area (Å²) in [6.45, 7) is 0. The summed E-state index contributed by atoms with van der Waals surface area (Å²) in [4.78, 5) is 25.9. The van der Waals surface area contributed by atoms with E-state index in [4.69, 9.17) is 0 Å². The van der Waals surface area contributed by atoms with E-state index in [1.807, 2.05) is 36.4 Å². The molecule has 24 heavy (non-hydrogen) atoms. The molecule has 5 heteroatoms. The molecule has 0 atom stereocenters. The topological polar surface area (TPSA) is 62.3 Å². The summed E-state index contributed by atoms with van der Waals surface area (Å²) in [5.74, 6) is -0.106. The third-order valence-electron chi connectivity index (χ3n) is 3.81. The van der Waals surface area contributed by atoms with E-state index in [0.29, 0.717) is 16.0 Å². The predicted molar refractivity (Wildman–Crippen MR) is 94.6 cm³/mol. The molecule has 0 N–H and O–H groups in total. The van der Waals surface area contributed by atoms with Gasteiger partial charge in [0.15, 0.2) is 5.78 Å². The lowest BCUT2D eigenvalue weighted by Crippen LogP contribution is -2.22. The molecule has 4 nitrogen and oxygen atoms in total. The van der Waals surface area contributed by atoms with Crippen molar-refractivity contribution >= 4 is 23.1 Å². The highest BCUT2D eigenvalue weighted by atomic mass is 32.2. The molecule has 0 saturated heterocycles. The van der Waals surface area contributed by atoms with Crippen LogP contribution >= 0.6 is 11.8 Å². The Hall–Kier alpha value is -2.84. The predicted octanol–water partition coefficient (Wildman–Crippen LogP) is 3.32. The number of carbonyl (C=O) groups excluding carboxylic acids is 1. The number of nitrogens with zero attached hydrogens (tertiary/aromatic N) is 2. The van der Waals surface area contributed by atoms with Crippen LogP contribution in [0.5, 0.6) is 0 Å². The average Bonchev–Trinajstić information content (AvgIpc) is 2.62. The van der Waals surface area contributed by atoms with Crippen molar-refractivity contribution in [2.45, 2.75) is 11.3 Å². The van der Waals surface area contributed by atoms with Crippen LogP contribution in [0.15, 0.2) is 64.4 Å². The van der Waals surface area contributed by atoms with Crippen LogP contribution in [-0.4, -0.2) is 16.4 Å². The Morgan fingerprint density at radius 3 is 2.54 bits per heavy atom. The number of ketones is 1. The van der Waals surface area contributed by atoms with Gasteiger partial charge in [-0.25, -0.2) is 0 Å². The summed E-state index contributed by atoms with van der Waals surface area (Å²) in [5.41, 5.74) is 1.49. The number of rotatable bonds is 4. The number of hydrogen-bond acceptors (Lipinski definition) is 4. The molecule has 3 aromatic rings. The van der Waals surface area contributed by atoms with Gasteiger partial charge in [0.25, 0.3) is 5.56 Å². The van der Waals surface area contributed by atoms with E-state index < -0.39 is 5.56 Å². The van der Waals surface area contributed by atoms with E-state index in [2.05, 4.69) is 0 Å². The smallest absolute Gasteiger partial charge is 0.274 e. The largest absolute Gasteiger partial charge is 0.294 e. The normalized spacial score (nSPS) is 10.5. The van der Waals surface area contributed by atoms with Crippen LogP contribution in [0.25, 0.3) is 5.52 Å². The van der Waals surface area contributed by atoms with Crippen molar-refractivity contribution in [2.75, 3.05) is 6.26 Å². The van der Waals surface area contributed by atoms with Crippen molar-refractivity contribution < 1.29 is 4.79 Å². The molecular weight excluding hydrogens is 320 g/mol. The summed E-state index contributed by atoms with van der Waals surface area (Å²) in [6.07, 6.45) is 3.58. The zero-order valence-corrected chi connectivity index (χ0v) is 13.8. The number of Topliss-reactive ketones (excluding diaryl/α,β-unsaturated/α-hetero) is 1. The Kier molecular flexibility index (Phi) is 4.50. The van der Waals surface area contributed by atoms with Crippen LogP contribution in [0.2, 0.25) is 0 Å². The highest BCUT2D eigenvalue weighted by molar-refractivity contribution is 7.98. The zero-order chi connectivity index (χ0) is 17.1. The third-order valence-corrected chi connectivity index (χ3v) is 4.62. The Balaban J connectivity index is 2.26. The van der Waals surface area contributed by atoms with Gasteiger partial charge in [-0.05, 0) is 24.0 Å². The zero-order valence-electron chi connectivity index (χ0n) is 13.0. The fourth-order valence-electron chi connectivity index (χ4n) is 2.72. The van der Waals surface area contributed by atoms with E-state index in [1.165, 1.54) is 16.2 Å². The summed E-state index contributed by atoms with van der Waals surface area (Å²) in [5, 5.41) is 9.40. The minimum absolute atomic E-state index is 0.0163. The number of carbonyl (C=O) groups is 1. The Labute approximate surface area is 143 Å². The minimum Gasteiger partial charge on any atom is -0.294 e. The van der Waals surface area contributed by atoms with E-state index in [-0.39, 0.29) is 17.8 Å². The number of nitriles is 1. The van der Waals surface area contributed by atoms with Crippen molar-refractivity contribution in [3.05, 3.63) is 81.8 Å². The van der Waals surface area contributed by atoms with Gasteiger partial charge >= 0.3 is 0 Å².